The zero-order chi connectivity index (χ0) is 21.4. The van der Waals surface area contributed by atoms with Crippen LogP contribution in [0.3, 0.4) is 0 Å². The van der Waals surface area contributed by atoms with Gasteiger partial charge in [0, 0.05) is 38.7 Å². The Morgan fingerprint density at radius 2 is 1.80 bits per heavy atom. The van der Waals surface area contributed by atoms with Gasteiger partial charge in [-0.25, -0.2) is 9.67 Å². The highest BCUT2D eigenvalue weighted by molar-refractivity contribution is 5.79. The summed E-state index contributed by atoms with van der Waals surface area (Å²) in [6.45, 7) is -0.326. The predicted molar refractivity (Wildman–Crippen MR) is 106 cm³/mol. The van der Waals surface area contributed by atoms with Crippen LogP contribution in [0.2, 0.25) is 0 Å². The Kier molecular flexibility index (Phi) is 6.89. The topological polar surface area (TPSA) is 76.4 Å². The fraction of sp³-hybridized carbons (Fsp3) is 0.250. The molecule has 30 heavy (non-hydrogen) atoms. The van der Waals surface area contributed by atoms with Gasteiger partial charge in [-0.05, 0) is 41.5 Å². The molecular weight excluding hydrogens is 397 g/mol. The Bertz CT molecular complexity index is 955. The first-order valence-corrected chi connectivity index (χ1v) is 9.11. The molecule has 0 radical (unpaired) electrons. The number of alkyl halides is 3. The third-order valence-corrected chi connectivity index (χ3v) is 4.02. The Balaban J connectivity index is 1.49. The summed E-state index contributed by atoms with van der Waals surface area (Å²) in [6.07, 6.45) is 0.867. The number of hydrogen-bond acceptors (Lipinski definition) is 4. The zero-order valence-electron chi connectivity index (χ0n) is 16.2. The molecule has 0 aliphatic heterocycles. The molecule has 0 bridgehead atoms. The molecule has 0 atom stereocenters. The van der Waals surface area contributed by atoms with Crippen LogP contribution in [0.25, 0.3) is 5.82 Å². The van der Waals surface area contributed by atoms with Crippen molar-refractivity contribution in [2.24, 2.45) is 4.99 Å². The van der Waals surface area contributed by atoms with Crippen molar-refractivity contribution in [2.75, 3.05) is 13.7 Å². The van der Waals surface area contributed by atoms with Crippen LogP contribution < -0.4 is 15.4 Å². The van der Waals surface area contributed by atoms with E-state index in [9.17, 15) is 13.2 Å². The van der Waals surface area contributed by atoms with Gasteiger partial charge in [0.15, 0.2) is 18.4 Å². The van der Waals surface area contributed by atoms with Crippen molar-refractivity contribution >= 4 is 5.96 Å². The lowest BCUT2D eigenvalue weighted by Gasteiger charge is -2.13. The largest absolute Gasteiger partial charge is 0.484 e. The molecule has 0 saturated carbocycles. The van der Waals surface area contributed by atoms with Gasteiger partial charge in [0.1, 0.15) is 5.75 Å². The van der Waals surface area contributed by atoms with Crippen LogP contribution in [-0.2, 0) is 13.1 Å². The van der Waals surface area contributed by atoms with E-state index in [4.69, 9.17) is 4.74 Å². The predicted octanol–water partition coefficient (Wildman–Crippen LogP) is 3.07. The van der Waals surface area contributed by atoms with Crippen LogP contribution in [0.1, 0.15) is 11.1 Å². The third kappa shape index (κ3) is 6.50. The number of halogens is 3. The summed E-state index contributed by atoms with van der Waals surface area (Å²) in [5.74, 6) is 1.48. The monoisotopic (exact) mass is 418 g/mol. The molecule has 1 aromatic carbocycles. The van der Waals surface area contributed by atoms with E-state index in [1.54, 1.807) is 36.3 Å². The molecule has 10 heteroatoms. The van der Waals surface area contributed by atoms with E-state index in [1.807, 2.05) is 24.4 Å². The quantitative estimate of drug-likeness (QED) is 0.456. The number of benzene rings is 1. The summed E-state index contributed by atoms with van der Waals surface area (Å²) < 4.78 is 43.0. The minimum absolute atomic E-state index is 0.171. The number of hydrogen-bond donors (Lipinski definition) is 2. The van der Waals surface area contributed by atoms with Crippen molar-refractivity contribution in [1.82, 2.24) is 25.4 Å². The molecule has 0 aliphatic rings. The van der Waals surface area contributed by atoms with Crippen molar-refractivity contribution in [1.29, 1.82) is 0 Å². The number of rotatable bonds is 7. The lowest BCUT2D eigenvalue weighted by Crippen LogP contribution is -2.36. The molecule has 7 nitrogen and oxygen atoms in total. The van der Waals surface area contributed by atoms with E-state index in [1.165, 1.54) is 12.1 Å². The van der Waals surface area contributed by atoms with Crippen molar-refractivity contribution < 1.29 is 17.9 Å². The minimum atomic E-state index is -4.35. The van der Waals surface area contributed by atoms with Crippen LogP contribution >= 0.6 is 0 Å². The van der Waals surface area contributed by atoms with Crippen LogP contribution in [0.5, 0.6) is 5.75 Å². The van der Waals surface area contributed by atoms with E-state index in [-0.39, 0.29) is 5.75 Å². The molecule has 158 valence electrons. The number of nitrogens with one attached hydrogen (secondary N) is 2. The molecule has 3 rings (SSSR count). The Morgan fingerprint density at radius 3 is 2.43 bits per heavy atom. The van der Waals surface area contributed by atoms with Crippen LogP contribution in [0.15, 0.2) is 66.0 Å². The van der Waals surface area contributed by atoms with Crippen molar-refractivity contribution in [3.63, 3.8) is 0 Å². The van der Waals surface area contributed by atoms with Gasteiger partial charge in [0.2, 0.25) is 0 Å². The first-order chi connectivity index (χ1) is 14.4. The van der Waals surface area contributed by atoms with Crippen molar-refractivity contribution in [2.45, 2.75) is 19.3 Å². The van der Waals surface area contributed by atoms with Crippen LogP contribution in [0, 0.1) is 0 Å². The van der Waals surface area contributed by atoms with Crippen molar-refractivity contribution in [3.05, 3.63) is 72.2 Å². The number of ether oxygens (including phenoxy) is 1. The molecule has 0 unspecified atom stereocenters. The second kappa shape index (κ2) is 9.77. The first-order valence-electron chi connectivity index (χ1n) is 9.11. The molecule has 0 fully saturated rings. The van der Waals surface area contributed by atoms with Gasteiger partial charge in [0.05, 0.1) is 0 Å². The number of guanidine groups is 1. The second-order valence-electron chi connectivity index (χ2n) is 6.30. The summed E-state index contributed by atoms with van der Waals surface area (Å²) in [6, 6.07) is 12.1. The standard InChI is InChI=1S/C20H21F3N6O/c1-24-19(26-12-15-3-5-17(6-4-15)30-14-20(21,22)23)27-13-16-7-9-25-18(11-16)29-10-2-8-28-29/h2-11H,12-14H2,1H3,(H2,24,26,27). The normalized spacial score (nSPS) is 11.9. The number of pyridine rings is 1. The van der Waals surface area contributed by atoms with Crippen molar-refractivity contribution in [3.8, 4) is 11.6 Å². The van der Waals surface area contributed by atoms with Crippen LogP contribution in [-0.4, -0.2) is 40.6 Å². The van der Waals surface area contributed by atoms with E-state index >= 15 is 0 Å². The molecule has 2 heterocycles. The van der Waals surface area contributed by atoms with Gasteiger partial charge in [0.25, 0.3) is 0 Å². The molecule has 0 saturated heterocycles. The zero-order valence-corrected chi connectivity index (χ0v) is 16.2. The fourth-order valence-electron chi connectivity index (χ4n) is 2.56. The second-order valence-corrected chi connectivity index (χ2v) is 6.30. The summed E-state index contributed by atoms with van der Waals surface area (Å²) in [5.41, 5.74) is 1.88. The van der Waals surface area contributed by atoms with E-state index in [0.29, 0.717) is 19.0 Å². The average Bonchev–Trinajstić information content (AvgIpc) is 3.28. The minimum Gasteiger partial charge on any atom is -0.484 e. The highest BCUT2D eigenvalue weighted by Crippen LogP contribution is 2.18. The Morgan fingerprint density at radius 1 is 1.07 bits per heavy atom. The number of aromatic nitrogens is 3. The maximum atomic E-state index is 12.2. The fourth-order valence-corrected chi connectivity index (χ4v) is 2.56. The summed E-state index contributed by atoms with van der Waals surface area (Å²) >= 11 is 0. The Hall–Kier alpha value is -3.56. The van der Waals surface area contributed by atoms with Gasteiger partial charge in [-0.3, -0.25) is 4.99 Å². The van der Waals surface area contributed by atoms with E-state index in [0.717, 1.165) is 16.9 Å². The van der Waals surface area contributed by atoms with Gasteiger partial charge in [-0.1, -0.05) is 12.1 Å². The van der Waals surface area contributed by atoms with Gasteiger partial charge in [-0.15, -0.1) is 0 Å². The van der Waals surface area contributed by atoms with E-state index in [2.05, 4.69) is 25.7 Å². The third-order valence-electron chi connectivity index (χ3n) is 4.02. The molecule has 0 amide bonds. The molecule has 0 spiro atoms. The summed E-state index contributed by atoms with van der Waals surface area (Å²) in [4.78, 5) is 8.47. The van der Waals surface area contributed by atoms with Gasteiger partial charge >= 0.3 is 6.18 Å². The smallest absolute Gasteiger partial charge is 0.422 e. The number of nitrogens with zero attached hydrogens (tertiary/aromatic N) is 4. The van der Waals surface area contributed by atoms with E-state index < -0.39 is 12.8 Å². The Labute approximate surface area is 171 Å². The van der Waals surface area contributed by atoms with Gasteiger partial charge < -0.3 is 15.4 Å². The maximum absolute atomic E-state index is 12.2. The molecule has 0 aliphatic carbocycles. The molecule has 2 N–H and O–H groups in total. The summed E-state index contributed by atoms with van der Waals surface area (Å²) in [7, 11) is 1.66. The lowest BCUT2D eigenvalue weighted by atomic mass is 10.2. The highest BCUT2D eigenvalue weighted by Gasteiger charge is 2.28. The van der Waals surface area contributed by atoms with Gasteiger partial charge in [-0.2, -0.15) is 18.3 Å². The molecule has 2 aromatic heterocycles. The highest BCUT2D eigenvalue weighted by atomic mass is 19.4. The average molecular weight is 418 g/mol. The maximum Gasteiger partial charge on any atom is 0.422 e. The first kappa shape index (κ1) is 21.2. The SMILES string of the molecule is CN=C(NCc1ccc(OCC(F)(F)F)cc1)NCc1ccnc(-n2cccn2)c1. The lowest BCUT2D eigenvalue weighted by molar-refractivity contribution is -0.153. The molecular formula is C20H21F3N6O. The van der Waals surface area contributed by atoms with Crippen LogP contribution in [0.4, 0.5) is 13.2 Å². The summed E-state index contributed by atoms with van der Waals surface area (Å²) in [5, 5.41) is 10.5. The number of aliphatic imine (C=N–C) groups is 1. The molecule has 3 aromatic rings.